The highest BCUT2D eigenvalue weighted by Crippen LogP contribution is 2.15. The van der Waals surface area contributed by atoms with Gasteiger partial charge in [-0.2, -0.15) is 4.98 Å². The summed E-state index contributed by atoms with van der Waals surface area (Å²) in [6, 6.07) is 12.0. The molecule has 2 N–H and O–H groups in total. The van der Waals surface area contributed by atoms with Crippen LogP contribution in [0.1, 0.15) is 18.9 Å². The van der Waals surface area contributed by atoms with Gasteiger partial charge in [0.1, 0.15) is 0 Å². The van der Waals surface area contributed by atoms with Gasteiger partial charge in [0.25, 0.3) is 0 Å². The van der Waals surface area contributed by atoms with E-state index in [0.717, 1.165) is 13.0 Å². The molecule has 0 unspecified atom stereocenters. The summed E-state index contributed by atoms with van der Waals surface area (Å²) in [6.45, 7) is 4.71. The number of ether oxygens (including phenoxy) is 1. The topological polar surface area (TPSA) is 64.3 Å². The maximum absolute atomic E-state index is 5.71. The SMILES string of the molecule is CCCOc1ccnc(N(CCN)Cc2ccccc2)n1. The van der Waals surface area contributed by atoms with Crippen LogP contribution in [-0.2, 0) is 6.54 Å². The van der Waals surface area contributed by atoms with Gasteiger partial charge >= 0.3 is 0 Å². The van der Waals surface area contributed by atoms with Crippen molar-refractivity contribution in [3.05, 3.63) is 48.2 Å². The van der Waals surface area contributed by atoms with E-state index in [-0.39, 0.29) is 0 Å². The smallest absolute Gasteiger partial charge is 0.228 e. The maximum atomic E-state index is 5.71. The van der Waals surface area contributed by atoms with Gasteiger partial charge in [0.2, 0.25) is 11.8 Å². The number of anilines is 1. The fourth-order valence-corrected chi connectivity index (χ4v) is 1.98. The van der Waals surface area contributed by atoms with Gasteiger partial charge in [-0.3, -0.25) is 0 Å². The predicted molar refractivity (Wildman–Crippen MR) is 84.4 cm³/mol. The lowest BCUT2D eigenvalue weighted by molar-refractivity contribution is 0.304. The van der Waals surface area contributed by atoms with Crippen molar-refractivity contribution in [1.29, 1.82) is 0 Å². The Bertz CT molecular complexity index is 533. The maximum Gasteiger partial charge on any atom is 0.228 e. The van der Waals surface area contributed by atoms with E-state index in [0.29, 0.717) is 31.5 Å². The van der Waals surface area contributed by atoms with E-state index in [4.69, 9.17) is 10.5 Å². The standard InChI is InChI=1S/C16H22N4O/c1-2-12-21-15-8-10-18-16(19-15)20(11-9-17)13-14-6-4-3-5-7-14/h3-8,10H,2,9,11-13,17H2,1H3. The minimum atomic E-state index is 0.552. The van der Waals surface area contributed by atoms with Gasteiger partial charge in [0.15, 0.2) is 0 Å². The summed E-state index contributed by atoms with van der Waals surface area (Å²) in [6.07, 6.45) is 2.68. The van der Waals surface area contributed by atoms with E-state index in [1.807, 2.05) is 18.2 Å². The van der Waals surface area contributed by atoms with Crippen molar-refractivity contribution >= 4 is 5.95 Å². The lowest BCUT2D eigenvalue weighted by atomic mass is 10.2. The number of benzene rings is 1. The number of nitrogens with two attached hydrogens (primary N) is 1. The summed E-state index contributed by atoms with van der Waals surface area (Å²) in [5.74, 6) is 1.26. The molecular weight excluding hydrogens is 264 g/mol. The third kappa shape index (κ3) is 4.72. The van der Waals surface area contributed by atoms with Crippen molar-refractivity contribution in [3.8, 4) is 5.88 Å². The number of rotatable bonds is 8. The molecule has 0 saturated heterocycles. The van der Waals surface area contributed by atoms with Crippen LogP contribution in [0.3, 0.4) is 0 Å². The summed E-state index contributed by atoms with van der Waals surface area (Å²) >= 11 is 0. The molecule has 0 amide bonds. The molecule has 0 saturated carbocycles. The summed E-state index contributed by atoms with van der Waals surface area (Å²) in [4.78, 5) is 10.9. The van der Waals surface area contributed by atoms with E-state index in [9.17, 15) is 0 Å². The molecule has 0 atom stereocenters. The van der Waals surface area contributed by atoms with Gasteiger partial charge in [-0.1, -0.05) is 37.3 Å². The highest BCUT2D eigenvalue weighted by atomic mass is 16.5. The van der Waals surface area contributed by atoms with Gasteiger partial charge in [0, 0.05) is 31.9 Å². The number of hydrogen-bond acceptors (Lipinski definition) is 5. The number of aromatic nitrogens is 2. The van der Waals surface area contributed by atoms with Crippen LogP contribution in [0.4, 0.5) is 5.95 Å². The molecule has 5 nitrogen and oxygen atoms in total. The second-order valence-corrected chi connectivity index (χ2v) is 4.74. The molecule has 1 heterocycles. The molecule has 2 aromatic rings. The molecule has 5 heteroatoms. The largest absolute Gasteiger partial charge is 0.478 e. The zero-order valence-electron chi connectivity index (χ0n) is 12.4. The highest BCUT2D eigenvalue weighted by Gasteiger charge is 2.10. The van der Waals surface area contributed by atoms with Crippen LogP contribution in [0.25, 0.3) is 0 Å². The average molecular weight is 286 g/mol. The zero-order chi connectivity index (χ0) is 14.9. The minimum Gasteiger partial charge on any atom is -0.478 e. The lowest BCUT2D eigenvalue weighted by Gasteiger charge is -2.22. The Balaban J connectivity index is 2.13. The molecule has 21 heavy (non-hydrogen) atoms. The second-order valence-electron chi connectivity index (χ2n) is 4.74. The van der Waals surface area contributed by atoms with Gasteiger partial charge in [-0.15, -0.1) is 0 Å². The Kier molecular flexibility index (Phi) is 5.97. The molecular formula is C16H22N4O. The van der Waals surface area contributed by atoms with Gasteiger partial charge in [-0.25, -0.2) is 4.98 Å². The molecule has 2 rings (SSSR count). The van der Waals surface area contributed by atoms with Crippen LogP contribution >= 0.6 is 0 Å². The third-order valence-corrected chi connectivity index (χ3v) is 2.97. The van der Waals surface area contributed by atoms with E-state index in [1.54, 1.807) is 12.3 Å². The van der Waals surface area contributed by atoms with Crippen LogP contribution in [0.15, 0.2) is 42.6 Å². The van der Waals surface area contributed by atoms with Crippen molar-refractivity contribution < 1.29 is 4.74 Å². The first-order valence-corrected chi connectivity index (χ1v) is 7.28. The molecule has 112 valence electrons. The Morgan fingerprint density at radius 1 is 1.19 bits per heavy atom. The first-order chi connectivity index (χ1) is 10.3. The van der Waals surface area contributed by atoms with Crippen molar-refractivity contribution in [2.45, 2.75) is 19.9 Å². The van der Waals surface area contributed by atoms with Gasteiger partial charge in [0.05, 0.1) is 6.61 Å². The van der Waals surface area contributed by atoms with Crippen molar-refractivity contribution in [2.24, 2.45) is 5.73 Å². The quantitative estimate of drug-likeness (QED) is 0.806. The molecule has 0 aliphatic rings. The van der Waals surface area contributed by atoms with Crippen LogP contribution < -0.4 is 15.4 Å². The zero-order valence-corrected chi connectivity index (χ0v) is 12.4. The fraction of sp³-hybridized carbons (Fsp3) is 0.375. The van der Waals surface area contributed by atoms with Crippen molar-refractivity contribution in [2.75, 3.05) is 24.6 Å². The lowest BCUT2D eigenvalue weighted by Crippen LogP contribution is -2.30. The van der Waals surface area contributed by atoms with Gasteiger partial charge < -0.3 is 15.4 Å². The van der Waals surface area contributed by atoms with E-state index in [2.05, 4.69) is 33.9 Å². The number of hydrogen-bond donors (Lipinski definition) is 1. The summed E-state index contributed by atoms with van der Waals surface area (Å²) in [5, 5.41) is 0. The Morgan fingerprint density at radius 3 is 2.71 bits per heavy atom. The Labute approximate surface area is 125 Å². The molecule has 1 aromatic carbocycles. The molecule has 0 fully saturated rings. The third-order valence-electron chi connectivity index (χ3n) is 2.97. The summed E-state index contributed by atoms with van der Waals surface area (Å²) in [7, 11) is 0. The molecule has 1 aromatic heterocycles. The normalized spacial score (nSPS) is 10.4. The van der Waals surface area contributed by atoms with Crippen LogP contribution in [0.2, 0.25) is 0 Å². The van der Waals surface area contributed by atoms with E-state index < -0.39 is 0 Å². The molecule has 0 aliphatic heterocycles. The minimum absolute atomic E-state index is 0.552. The molecule has 0 bridgehead atoms. The van der Waals surface area contributed by atoms with Crippen LogP contribution in [0, 0.1) is 0 Å². The van der Waals surface area contributed by atoms with Gasteiger partial charge in [-0.05, 0) is 12.0 Å². The Hall–Kier alpha value is -2.14. The highest BCUT2D eigenvalue weighted by molar-refractivity contribution is 5.34. The summed E-state index contributed by atoms with van der Waals surface area (Å²) in [5.41, 5.74) is 6.91. The van der Waals surface area contributed by atoms with E-state index >= 15 is 0 Å². The molecule has 0 spiro atoms. The first kappa shape index (κ1) is 15.3. The second kappa shape index (κ2) is 8.21. The summed E-state index contributed by atoms with van der Waals surface area (Å²) < 4.78 is 5.57. The predicted octanol–water partition coefficient (Wildman–Crippen LogP) is 2.23. The van der Waals surface area contributed by atoms with Crippen molar-refractivity contribution in [3.63, 3.8) is 0 Å². The van der Waals surface area contributed by atoms with Crippen LogP contribution in [0.5, 0.6) is 5.88 Å². The monoisotopic (exact) mass is 286 g/mol. The molecule has 0 radical (unpaired) electrons. The number of nitrogens with zero attached hydrogens (tertiary/aromatic N) is 3. The fourth-order valence-electron chi connectivity index (χ4n) is 1.98. The Morgan fingerprint density at radius 2 is 2.00 bits per heavy atom. The van der Waals surface area contributed by atoms with Crippen molar-refractivity contribution in [1.82, 2.24) is 9.97 Å². The average Bonchev–Trinajstić information content (AvgIpc) is 2.54. The van der Waals surface area contributed by atoms with E-state index in [1.165, 1.54) is 5.56 Å². The first-order valence-electron chi connectivity index (χ1n) is 7.28. The molecule has 0 aliphatic carbocycles. The van der Waals surface area contributed by atoms with Crippen LogP contribution in [-0.4, -0.2) is 29.7 Å².